The molecule has 9 rings (SSSR count). The van der Waals surface area contributed by atoms with E-state index in [1.165, 1.54) is 0 Å². The van der Waals surface area contributed by atoms with Crippen LogP contribution in [0.15, 0.2) is 157 Å². The molecular formula is C44H28N4O4Zn. The number of ketones is 2. The first-order valence-electron chi connectivity index (χ1n) is 16.7. The molecule has 6 aromatic rings. The molecule has 0 unspecified atom stereocenters. The number of aromatic hydroxyl groups is 2. The molecular weight excluding hydrogens is 714 g/mol. The largest absolute Gasteiger partial charge is 2.00 e. The van der Waals surface area contributed by atoms with Crippen LogP contribution in [0.2, 0.25) is 0 Å². The smallest absolute Gasteiger partial charge is 0.657 e. The van der Waals surface area contributed by atoms with Crippen LogP contribution in [0.1, 0.15) is 45.3 Å². The van der Waals surface area contributed by atoms with Crippen LogP contribution < -0.4 is 20.7 Å². The van der Waals surface area contributed by atoms with Crippen molar-refractivity contribution in [2.75, 3.05) is 0 Å². The molecule has 8 bridgehead atoms. The fraction of sp³-hybridized carbons (Fsp3) is 0. The quantitative estimate of drug-likeness (QED) is 0.174. The topological polar surface area (TPSA) is 134 Å². The summed E-state index contributed by atoms with van der Waals surface area (Å²) in [6, 6.07) is 29.9. The van der Waals surface area contributed by atoms with Crippen LogP contribution in [0.5, 0.6) is 11.5 Å². The van der Waals surface area contributed by atoms with Gasteiger partial charge in [-0.2, -0.15) is 0 Å². The number of rotatable bonds is 2. The van der Waals surface area contributed by atoms with E-state index in [1.54, 1.807) is 72.9 Å². The van der Waals surface area contributed by atoms with Crippen molar-refractivity contribution >= 4 is 33.9 Å². The van der Waals surface area contributed by atoms with E-state index in [1.807, 2.05) is 72.8 Å². The molecule has 4 aromatic heterocycles. The van der Waals surface area contributed by atoms with Gasteiger partial charge in [-0.3, -0.25) is 9.59 Å². The molecule has 0 amide bonds. The number of H-pyrrole nitrogens is 2. The van der Waals surface area contributed by atoms with Gasteiger partial charge < -0.3 is 30.1 Å². The van der Waals surface area contributed by atoms with Crippen LogP contribution in [0.4, 0.5) is 0 Å². The molecule has 1 aliphatic heterocycles. The third-order valence-corrected chi connectivity index (χ3v) is 9.35. The molecule has 0 atom stereocenters. The number of hydrogen-bond acceptors (Lipinski definition) is 4. The van der Waals surface area contributed by atoms with Gasteiger partial charge in [-0.05, 0) is 117 Å². The first-order valence-corrected chi connectivity index (χ1v) is 16.7. The van der Waals surface area contributed by atoms with Crippen molar-refractivity contribution in [1.82, 2.24) is 19.9 Å². The van der Waals surface area contributed by atoms with Crippen LogP contribution in [0.25, 0.3) is 22.3 Å². The van der Waals surface area contributed by atoms with E-state index in [0.29, 0.717) is 22.1 Å². The Morgan fingerprint density at radius 3 is 1.13 bits per heavy atom. The summed E-state index contributed by atoms with van der Waals surface area (Å²) in [5, 5.41) is 21.7. The Kier molecular flexibility index (Phi) is 8.49. The summed E-state index contributed by atoms with van der Waals surface area (Å²) in [4.78, 5) is 42.1. The molecule has 2 aromatic carbocycles. The van der Waals surface area contributed by atoms with Gasteiger partial charge in [0.15, 0.2) is 11.6 Å². The van der Waals surface area contributed by atoms with E-state index >= 15 is 0 Å². The third-order valence-electron chi connectivity index (χ3n) is 9.35. The maximum absolute atomic E-state index is 12.2. The molecule has 250 valence electrons. The summed E-state index contributed by atoms with van der Waals surface area (Å²) in [5.41, 5.74) is 11.1. The van der Waals surface area contributed by atoms with Gasteiger partial charge >= 0.3 is 19.5 Å². The molecule has 9 heteroatoms. The number of benzene rings is 2. The Hall–Kier alpha value is -6.70. The molecule has 2 aliphatic carbocycles. The van der Waals surface area contributed by atoms with Crippen molar-refractivity contribution < 1.29 is 39.3 Å². The van der Waals surface area contributed by atoms with Gasteiger partial charge in [-0.15, -0.1) is 22.1 Å². The van der Waals surface area contributed by atoms with Crippen LogP contribution >= 0.6 is 0 Å². The zero-order chi connectivity index (χ0) is 35.3. The number of allylic oxidation sites excluding steroid dienone is 10. The summed E-state index contributed by atoms with van der Waals surface area (Å²) >= 11 is 0. The molecule has 53 heavy (non-hydrogen) atoms. The maximum Gasteiger partial charge on any atom is 2.00 e. The number of carbonyl (C=O) groups excluding carboxylic acids is 2. The first kappa shape index (κ1) is 33.4. The average molecular weight is 742 g/mol. The van der Waals surface area contributed by atoms with Gasteiger partial charge in [0.1, 0.15) is 11.5 Å². The zero-order valence-electron chi connectivity index (χ0n) is 28.2. The van der Waals surface area contributed by atoms with Crippen molar-refractivity contribution in [2.45, 2.75) is 0 Å². The van der Waals surface area contributed by atoms with E-state index in [4.69, 9.17) is 9.97 Å². The monoisotopic (exact) mass is 740 g/mol. The van der Waals surface area contributed by atoms with E-state index in [0.717, 1.165) is 67.3 Å². The van der Waals surface area contributed by atoms with Crippen LogP contribution in [-0.4, -0.2) is 31.7 Å². The van der Waals surface area contributed by atoms with Crippen molar-refractivity contribution in [1.29, 1.82) is 0 Å². The second-order valence-corrected chi connectivity index (χ2v) is 12.6. The Bertz CT molecular complexity index is 2550. The van der Waals surface area contributed by atoms with Crippen LogP contribution in [0.3, 0.4) is 0 Å². The number of aromatic nitrogens is 4. The van der Waals surface area contributed by atoms with Gasteiger partial charge in [-0.25, -0.2) is 0 Å². The minimum Gasteiger partial charge on any atom is -0.657 e. The predicted molar refractivity (Wildman–Crippen MR) is 198 cm³/mol. The summed E-state index contributed by atoms with van der Waals surface area (Å²) < 4.78 is 0. The molecule has 8 nitrogen and oxygen atoms in total. The standard InChI is InChI=1S/C44H30N4O4.Zn/c49-29-9-1-25(2-10-29)41-33-17-19-35(45-33)42(26-3-11-30(50)12-4-26)37-21-23-39(47-37)44(28-7-15-32(52)16-8-28)40-24-22-38(48-40)43(36-20-18-34(41)46-36)27-5-13-31(51)14-6-27;/h1-24H,(H6,45,46,47,48,49,50,51,52);/q;+2/p-2/b41-33-,41-34?,42-35-,42-37?,43-36?,43-38?,44-39?,44-40?;. The second-order valence-electron chi connectivity index (χ2n) is 12.6. The number of phenolic OH excluding ortho intramolecular Hbond substituents is 2. The van der Waals surface area contributed by atoms with E-state index in [9.17, 15) is 19.8 Å². The third kappa shape index (κ3) is 6.17. The fourth-order valence-electron chi connectivity index (χ4n) is 6.92. The molecule has 3 aliphatic rings. The normalized spacial score (nSPS) is 17.1. The predicted octanol–water partition coefficient (Wildman–Crippen LogP) is 5.47. The number of fused-ring (bicyclic) bond motifs is 8. The summed E-state index contributed by atoms with van der Waals surface area (Å²) in [6.45, 7) is 0. The Morgan fingerprint density at radius 2 is 0.755 bits per heavy atom. The Labute approximate surface area is 316 Å². The van der Waals surface area contributed by atoms with E-state index in [2.05, 4.69) is 9.97 Å². The number of carbonyl (C=O) groups is 2. The van der Waals surface area contributed by atoms with Crippen molar-refractivity contribution in [2.24, 2.45) is 0 Å². The number of nitrogens with zero attached hydrogens (tertiary/aromatic N) is 2. The number of aromatic amines is 2. The Balaban J connectivity index is 0.00000400. The molecule has 4 N–H and O–H groups in total. The van der Waals surface area contributed by atoms with Crippen LogP contribution in [-0.2, 0) is 29.1 Å². The summed E-state index contributed by atoms with van der Waals surface area (Å²) in [5.74, 6) is 0.125. The zero-order valence-corrected chi connectivity index (χ0v) is 31.1. The molecule has 0 fully saturated rings. The fourth-order valence-corrected chi connectivity index (χ4v) is 6.92. The van der Waals surface area contributed by atoms with E-state index in [-0.39, 0.29) is 42.5 Å². The average Bonchev–Trinajstić information content (AvgIpc) is 3.99. The Morgan fingerprint density at radius 1 is 0.396 bits per heavy atom. The number of nitrogens with one attached hydrogen (secondary N) is 2. The molecule has 0 spiro atoms. The minimum atomic E-state index is -0.0922. The number of phenols is 2. The van der Waals surface area contributed by atoms with Gasteiger partial charge in [0.05, 0.1) is 0 Å². The van der Waals surface area contributed by atoms with Crippen molar-refractivity contribution in [3.8, 4) is 11.5 Å². The molecule has 5 heterocycles. The van der Waals surface area contributed by atoms with Gasteiger partial charge in [0.2, 0.25) is 0 Å². The summed E-state index contributed by atoms with van der Waals surface area (Å²) in [6.07, 6.45) is 13.4. The SMILES string of the molecule is O=C1C=CC(=C2c3ccc([n-]3)C(=C3C=CC(=O)C=C3)c3ccc([nH]3)/C(c3ccc(O)cc3)=c3/cc/c([n-]3)=C(\c3ccc(O)cc3)c3ccc2[nH]3)C=C1.[Zn+2]. The molecule has 0 saturated heterocycles. The maximum atomic E-state index is 12.2. The molecule has 0 saturated carbocycles. The van der Waals surface area contributed by atoms with Gasteiger partial charge in [0, 0.05) is 22.8 Å². The summed E-state index contributed by atoms with van der Waals surface area (Å²) in [7, 11) is 0. The first-order chi connectivity index (χ1) is 25.4. The van der Waals surface area contributed by atoms with Crippen molar-refractivity contribution in [3.63, 3.8) is 0 Å². The van der Waals surface area contributed by atoms with Crippen LogP contribution in [0, 0.1) is 0 Å². The van der Waals surface area contributed by atoms with E-state index < -0.39 is 0 Å². The minimum absolute atomic E-state index is 0. The van der Waals surface area contributed by atoms with Crippen molar-refractivity contribution in [3.05, 3.63) is 213 Å². The van der Waals surface area contributed by atoms with Gasteiger partial charge in [-0.1, -0.05) is 72.8 Å². The second kappa shape index (κ2) is 13.5. The van der Waals surface area contributed by atoms with Gasteiger partial charge in [0.25, 0.3) is 0 Å². The molecule has 0 radical (unpaired) electrons. The number of hydrogen-bond donors (Lipinski definition) is 4.